The van der Waals surface area contributed by atoms with Gasteiger partial charge < -0.3 is 9.64 Å². The van der Waals surface area contributed by atoms with Gasteiger partial charge in [0.25, 0.3) is 0 Å². The lowest BCUT2D eigenvalue weighted by atomic mass is 10.1. The fourth-order valence-corrected chi connectivity index (χ4v) is 4.61. The summed E-state index contributed by atoms with van der Waals surface area (Å²) in [4.78, 5) is 18.5. The average molecular weight is 582 g/mol. The predicted octanol–water partition coefficient (Wildman–Crippen LogP) is 9.10. The van der Waals surface area contributed by atoms with E-state index < -0.39 is 0 Å². The molecule has 0 spiro atoms. The van der Waals surface area contributed by atoms with E-state index in [0.29, 0.717) is 6.54 Å². The number of nitrogens with zero attached hydrogens (tertiary/aromatic N) is 2. The minimum Gasteiger partial charge on any atom is -0.494 e. The molecule has 0 fully saturated rings. The van der Waals surface area contributed by atoms with Crippen molar-refractivity contribution in [2.75, 3.05) is 11.5 Å². The van der Waals surface area contributed by atoms with Gasteiger partial charge in [0.15, 0.2) is 0 Å². The van der Waals surface area contributed by atoms with E-state index >= 15 is 0 Å². The Morgan fingerprint density at radius 2 is 1.45 bits per heavy atom. The van der Waals surface area contributed by atoms with Crippen LogP contribution in [0, 0.1) is 0 Å². The Kier molecular flexibility index (Phi) is 15.4. The van der Waals surface area contributed by atoms with Gasteiger partial charge in [-0.2, -0.15) is 0 Å². The number of unbranched alkanes of at least 4 members (excludes halogenated alkanes) is 9. The second-order valence-electron chi connectivity index (χ2n) is 9.99. The van der Waals surface area contributed by atoms with Gasteiger partial charge in [-0.3, -0.25) is 9.78 Å². The third kappa shape index (κ3) is 11.8. The first-order chi connectivity index (χ1) is 18.2. The van der Waals surface area contributed by atoms with Gasteiger partial charge in [0.2, 0.25) is 5.91 Å². The zero-order chi connectivity index (χ0) is 26.1. The van der Waals surface area contributed by atoms with E-state index in [2.05, 4.69) is 42.2 Å². The first kappa shape index (κ1) is 31.6. The fraction of sp³-hybridized carbons (Fsp3) is 0.455. The summed E-state index contributed by atoms with van der Waals surface area (Å²) in [6, 6.07) is 20.4. The molecule has 0 radical (unpaired) electrons. The molecule has 0 aliphatic carbocycles. The van der Waals surface area contributed by atoms with E-state index in [1.807, 2.05) is 41.4 Å². The highest BCUT2D eigenvalue weighted by atomic mass is 79.9. The second kappa shape index (κ2) is 18.6. The van der Waals surface area contributed by atoms with Gasteiger partial charge >= 0.3 is 0 Å². The van der Waals surface area contributed by atoms with E-state index in [1.54, 1.807) is 13.1 Å². The quantitative estimate of drug-likeness (QED) is 0.149. The van der Waals surface area contributed by atoms with Crippen molar-refractivity contribution in [2.24, 2.45) is 0 Å². The summed E-state index contributed by atoms with van der Waals surface area (Å²) in [5.74, 6) is 0.903. The van der Waals surface area contributed by atoms with Crippen molar-refractivity contribution in [3.63, 3.8) is 0 Å². The van der Waals surface area contributed by atoms with Gasteiger partial charge in [-0.25, -0.2) is 0 Å². The summed E-state index contributed by atoms with van der Waals surface area (Å²) in [6.07, 6.45) is 17.7. The van der Waals surface area contributed by atoms with Crippen molar-refractivity contribution in [1.82, 2.24) is 4.98 Å². The number of halogens is 1. The highest BCUT2D eigenvalue weighted by molar-refractivity contribution is 8.93. The number of carbonyl (C=O) groups is 1. The van der Waals surface area contributed by atoms with Crippen molar-refractivity contribution < 1.29 is 9.53 Å². The van der Waals surface area contributed by atoms with E-state index in [0.717, 1.165) is 36.4 Å². The Morgan fingerprint density at radius 1 is 0.789 bits per heavy atom. The van der Waals surface area contributed by atoms with Crippen LogP contribution < -0.4 is 9.64 Å². The molecule has 0 atom stereocenters. The summed E-state index contributed by atoms with van der Waals surface area (Å²) in [5.41, 5.74) is 4.34. The standard InChI is InChI=1S/C33H44N2O2.BrH/c1-3-4-5-6-7-8-9-10-11-12-23-37-33-17-13-15-31(25-33)27-35(28(2)36)32-20-18-29(19-21-32)24-30-16-14-22-34-26-30;/h13-22,25-26H,3-12,23-24,27H2,1-2H3;1H. The molecule has 3 aromatic rings. The number of hydrogen-bond donors (Lipinski definition) is 0. The first-order valence-electron chi connectivity index (χ1n) is 14.1. The van der Waals surface area contributed by atoms with Gasteiger partial charge in [-0.1, -0.05) is 95.0 Å². The third-order valence-electron chi connectivity index (χ3n) is 6.76. The van der Waals surface area contributed by atoms with Crippen LogP contribution >= 0.6 is 17.0 Å². The number of rotatable bonds is 17. The molecule has 0 aliphatic heterocycles. The zero-order valence-corrected chi connectivity index (χ0v) is 25.0. The average Bonchev–Trinajstić information content (AvgIpc) is 2.92. The Labute approximate surface area is 240 Å². The largest absolute Gasteiger partial charge is 0.494 e. The predicted molar refractivity (Wildman–Crippen MR) is 164 cm³/mol. The number of ether oxygens (including phenoxy) is 1. The number of amides is 1. The van der Waals surface area contributed by atoms with E-state index in [-0.39, 0.29) is 22.9 Å². The molecule has 2 aromatic carbocycles. The van der Waals surface area contributed by atoms with Crippen LogP contribution in [0.15, 0.2) is 73.1 Å². The lowest BCUT2D eigenvalue weighted by Crippen LogP contribution is -2.27. The lowest BCUT2D eigenvalue weighted by molar-refractivity contribution is -0.116. The summed E-state index contributed by atoms with van der Waals surface area (Å²) in [6.45, 7) is 5.15. The molecule has 1 amide bonds. The van der Waals surface area contributed by atoms with Crippen LogP contribution in [0.3, 0.4) is 0 Å². The van der Waals surface area contributed by atoms with Crippen molar-refractivity contribution in [2.45, 2.75) is 91.0 Å². The maximum atomic E-state index is 12.5. The molecule has 1 aromatic heterocycles. The molecule has 0 bridgehead atoms. The van der Waals surface area contributed by atoms with E-state index in [9.17, 15) is 4.79 Å². The summed E-state index contributed by atoms with van der Waals surface area (Å²) in [5, 5.41) is 0. The van der Waals surface area contributed by atoms with E-state index in [4.69, 9.17) is 4.74 Å². The minimum absolute atomic E-state index is 0. The highest BCUT2D eigenvalue weighted by Crippen LogP contribution is 2.22. The van der Waals surface area contributed by atoms with Crippen LogP contribution in [0.25, 0.3) is 0 Å². The van der Waals surface area contributed by atoms with Crippen LogP contribution in [0.2, 0.25) is 0 Å². The molecule has 38 heavy (non-hydrogen) atoms. The Morgan fingerprint density at radius 3 is 2.08 bits per heavy atom. The van der Waals surface area contributed by atoms with Gasteiger partial charge in [0.1, 0.15) is 5.75 Å². The summed E-state index contributed by atoms with van der Waals surface area (Å²) >= 11 is 0. The lowest BCUT2D eigenvalue weighted by Gasteiger charge is -2.22. The number of carbonyl (C=O) groups excluding carboxylic acids is 1. The van der Waals surface area contributed by atoms with Crippen LogP contribution in [-0.2, 0) is 17.8 Å². The SMILES string of the molecule is Br.CCCCCCCCCCCCOc1cccc(CN(C(C)=O)c2ccc(Cc3cccnc3)cc2)c1. The van der Waals surface area contributed by atoms with Crippen LogP contribution in [0.4, 0.5) is 5.69 Å². The number of hydrogen-bond acceptors (Lipinski definition) is 3. The second-order valence-corrected chi connectivity index (χ2v) is 9.99. The molecule has 206 valence electrons. The molecule has 1 heterocycles. The fourth-order valence-electron chi connectivity index (χ4n) is 4.61. The highest BCUT2D eigenvalue weighted by Gasteiger charge is 2.13. The monoisotopic (exact) mass is 580 g/mol. The van der Waals surface area contributed by atoms with Crippen molar-refractivity contribution in [3.05, 3.63) is 89.7 Å². The van der Waals surface area contributed by atoms with Crippen molar-refractivity contribution in [3.8, 4) is 5.75 Å². The Balaban J connectivity index is 0.00000507. The maximum absolute atomic E-state index is 12.5. The number of pyridine rings is 1. The number of benzene rings is 2. The number of aromatic nitrogens is 1. The minimum atomic E-state index is 0. The molecule has 3 rings (SSSR count). The molecule has 0 saturated carbocycles. The van der Waals surface area contributed by atoms with Crippen LogP contribution in [0.5, 0.6) is 5.75 Å². The first-order valence-corrected chi connectivity index (χ1v) is 14.1. The Hall–Kier alpha value is -2.66. The molecule has 0 unspecified atom stereocenters. The molecule has 4 nitrogen and oxygen atoms in total. The van der Waals surface area contributed by atoms with Gasteiger partial charge in [0.05, 0.1) is 13.2 Å². The molecular formula is C33H45BrN2O2. The van der Waals surface area contributed by atoms with Gasteiger partial charge in [-0.05, 0) is 59.9 Å². The smallest absolute Gasteiger partial charge is 0.224 e. The summed E-state index contributed by atoms with van der Waals surface area (Å²) in [7, 11) is 0. The van der Waals surface area contributed by atoms with Crippen molar-refractivity contribution in [1.29, 1.82) is 0 Å². The third-order valence-corrected chi connectivity index (χ3v) is 6.76. The molecule has 0 aliphatic rings. The molecular weight excluding hydrogens is 536 g/mol. The van der Waals surface area contributed by atoms with Crippen LogP contribution in [0.1, 0.15) is 94.7 Å². The maximum Gasteiger partial charge on any atom is 0.224 e. The molecule has 0 saturated heterocycles. The van der Waals surface area contributed by atoms with Gasteiger partial charge in [-0.15, -0.1) is 17.0 Å². The summed E-state index contributed by atoms with van der Waals surface area (Å²) < 4.78 is 6.03. The molecule has 0 N–H and O–H groups in total. The normalized spacial score (nSPS) is 10.6. The van der Waals surface area contributed by atoms with E-state index in [1.165, 1.54) is 68.9 Å². The number of anilines is 1. The Bertz CT molecular complexity index is 1040. The van der Waals surface area contributed by atoms with Gasteiger partial charge in [0, 0.05) is 25.0 Å². The molecule has 5 heteroatoms. The zero-order valence-electron chi connectivity index (χ0n) is 23.2. The van der Waals surface area contributed by atoms with Crippen LogP contribution in [-0.4, -0.2) is 17.5 Å². The topological polar surface area (TPSA) is 42.4 Å². The van der Waals surface area contributed by atoms with Crippen molar-refractivity contribution >= 4 is 28.6 Å².